The molecule has 210 valence electrons. The second kappa shape index (κ2) is 13.4. The number of hydrogen-bond acceptors (Lipinski definition) is 6. The van der Waals surface area contributed by atoms with Gasteiger partial charge in [0.25, 0.3) is 0 Å². The minimum Gasteiger partial charge on any atom is -0.504 e. The summed E-state index contributed by atoms with van der Waals surface area (Å²) >= 11 is 2.08. The number of benzene rings is 1. The van der Waals surface area contributed by atoms with Gasteiger partial charge < -0.3 is 20.1 Å². The largest absolute Gasteiger partial charge is 0.504 e. The van der Waals surface area contributed by atoms with Crippen LogP contribution in [-0.4, -0.2) is 58.4 Å². The summed E-state index contributed by atoms with van der Waals surface area (Å²) in [5.41, 5.74) is 3.83. The van der Waals surface area contributed by atoms with Crippen LogP contribution in [0.15, 0.2) is 28.9 Å². The molecule has 1 aromatic rings. The van der Waals surface area contributed by atoms with E-state index in [1.54, 1.807) is 6.07 Å². The second-order valence-electron chi connectivity index (χ2n) is 10.7. The normalized spacial score (nSPS) is 22.9. The number of halogens is 1. The van der Waals surface area contributed by atoms with Gasteiger partial charge in [0, 0.05) is 12.5 Å². The number of likely N-dealkylation sites (tertiary alicyclic amines) is 1. The summed E-state index contributed by atoms with van der Waals surface area (Å²) < 4.78 is 6.01. The number of imide groups is 1. The van der Waals surface area contributed by atoms with Crippen molar-refractivity contribution >= 4 is 40.5 Å². The number of amides is 2. The van der Waals surface area contributed by atoms with E-state index in [1.807, 2.05) is 26.8 Å². The van der Waals surface area contributed by atoms with Gasteiger partial charge >= 0.3 is 0 Å². The van der Waals surface area contributed by atoms with E-state index < -0.39 is 23.9 Å². The standard InChI is InChI=1S/C30H42INO6/c1-6-8-18(12-19-13-23(31)28(35)25(14-19)38-5)9-10-24(34)26-20(17(3)4)15-21-27(22(26)16-33)30(37)32(11-7-2)29(21)36/h12-14,17,21-22,24,27,33-35H,6-11,15-16H2,1-5H3/b18-12+/t21-,22+,24-,27-/m1/s1. The highest BCUT2D eigenvalue weighted by Gasteiger charge is 2.54. The van der Waals surface area contributed by atoms with Crippen molar-refractivity contribution in [1.29, 1.82) is 0 Å². The van der Waals surface area contributed by atoms with Gasteiger partial charge in [-0.2, -0.15) is 0 Å². The number of allylic oxidation sites excluding steroid dienone is 2. The SMILES string of the molecule is CCC/C(=C\c1cc(I)c(O)c(OC)c1)CC[C@@H](O)C1=C(C(C)C)C[C@H]2C(=O)N(CCC)C(=O)[C@H]2[C@H]1CO. The van der Waals surface area contributed by atoms with Gasteiger partial charge in [-0.25, -0.2) is 0 Å². The molecule has 0 saturated carbocycles. The number of aromatic hydroxyl groups is 1. The van der Waals surface area contributed by atoms with E-state index in [0.717, 1.165) is 35.1 Å². The van der Waals surface area contributed by atoms with Crippen LogP contribution in [0.3, 0.4) is 0 Å². The van der Waals surface area contributed by atoms with E-state index in [9.17, 15) is 24.9 Å². The zero-order valence-corrected chi connectivity index (χ0v) is 25.3. The Bertz CT molecular complexity index is 1090. The lowest BCUT2D eigenvalue weighted by Gasteiger charge is -2.38. The first kappa shape index (κ1) is 30.6. The summed E-state index contributed by atoms with van der Waals surface area (Å²) in [6.07, 6.45) is 5.32. The number of nitrogens with zero attached hydrogens (tertiary/aromatic N) is 1. The van der Waals surface area contributed by atoms with Crippen LogP contribution >= 0.6 is 22.6 Å². The van der Waals surface area contributed by atoms with Gasteiger partial charge in [-0.3, -0.25) is 14.5 Å². The lowest BCUT2D eigenvalue weighted by atomic mass is 9.66. The van der Waals surface area contributed by atoms with Crippen LogP contribution < -0.4 is 4.74 Å². The molecule has 4 atom stereocenters. The summed E-state index contributed by atoms with van der Waals surface area (Å²) in [5.74, 6) is -1.34. The summed E-state index contributed by atoms with van der Waals surface area (Å²) in [4.78, 5) is 27.7. The van der Waals surface area contributed by atoms with Crippen LogP contribution in [-0.2, 0) is 9.59 Å². The number of carbonyl (C=O) groups is 2. The van der Waals surface area contributed by atoms with Crippen molar-refractivity contribution < 1.29 is 29.6 Å². The molecular weight excluding hydrogens is 597 g/mol. The maximum Gasteiger partial charge on any atom is 0.233 e. The van der Waals surface area contributed by atoms with E-state index in [0.29, 0.717) is 41.5 Å². The Balaban J connectivity index is 1.89. The molecule has 8 heteroatoms. The van der Waals surface area contributed by atoms with Crippen molar-refractivity contribution in [1.82, 2.24) is 4.90 Å². The monoisotopic (exact) mass is 639 g/mol. The topological polar surface area (TPSA) is 107 Å². The molecule has 1 fully saturated rings. The number of aliphatic hydroxyl groups excluding tert-OH is 2. The molecular formula is C30H42INO6. The maximum atomic E-state index is 13.3. The Kier molecular flexibility index (Phi) is 10.8. The van der Waals surface area contributed by atoms with Gasteiger partial charge in [0.05, 0.1) is 35.2 Å². The fraction of sp³-hybridized carbons (Fsp3) is 0.600. The first-order valence-electron chi connectivity index (χ1n) is 13.7. The fourth-order valence-electron chi connectivity index (χ4n) is 6.09. The van der Waals surface area contributed by atoms with Crippen LogP contribution in [0.25, 0.3) is 6.08 Å². The first-order valence-corrected chi connectivity index (χ1v) is 14.8. The van der Waals surface area contributed by atoms with Gasteiger partial charge in [-0.15, -0.1) is 0 Å². The molecule has 0 bridgehead atoms. The van der Waals surface area contributed by atoms with E-state index in [1.165, 1.54) is 12.0 Å². The van der Waals surface area contributed by atoms with Gasteiger partial charge in [0.1, 0.15) is 0 Å². The molecule has 1 aromatic carbocycles. The molecule has 0 radical (unpaired) electrons. The van der Waals surface area contributed by atoms with E-state index >= 15 is 0 Å². The molecule has 0 aromatic heterocycles. The summed E-state index contributed by atoms with van der Waals surface area (Å²) in [5, 5.41) is 32.2. The lowest BCUT2D eigenvalue weighted by molar-refractivity contribution is -0.140. The highest BCUT2D eigenvalue weighted by atomic mass is 127. The number of fused-ring (bicyclic) bond motifs is 1. The minimum absolute atomic E-state index is 0.0926. The molecule has 3 N–H and O–H groups in total. The molecule has 1 aliphatic carbocycles. The van der Waals surface area contributed by atoms with Gasteiger partial charge in [0.2, 0.25) is 11.8 Å². The smallest absolute Gasteiger partial charge is 0.233 e. The van der Waals surface area contributed by atoms with Crippen LogP contribution in [0.1, 0.15) is 71.8 Å². The zero-order valence-electron chi connectivity index (χ0n) is 23.2. The highest BCUT2D eigenvalue weighted by Crippen LogP contribution is 2.48. The number of hydrogen-bond donors (Lipinski definition) is 3. The number of methoxy groups -OCH3 is 1. The number of phenols is 1. The summed E-state index contributed by atoms with van der Waals surface area (Å²) in [6, 6.07) is 3.70. The Labute approximate surface area is 240 Å². The number of ether oxygens (including phenoxy) is 1. The highest BCUT2D eigenvalue weighted by molar-refractivity contribution is 14.1. The summed E-state index contributed by atoms with van der Waals surface area (Å²) in [7, 11) is 1.53. The third-order valence-electron chi connectivity index (χ3n) is 7.86. The van der Waals surface area contributed by atoms with Gasteiger partial charge in [-0.05, 0) is 83.9 Å². The van der Waals surface area contributed by atoms with E-state index in [4.69, 9.17) is 4.74 Å². The number of aliphatic hydroxyl groups is 2. The molecule has 0 spiro atoms. The van der Waals surface area contributed by atoms with Crippen LogP contribution in [0.2, 0.25) is 0 Å². The Hall–Kier alpha value is -1.91. The van der Waals surface area contributed by atoms with Crippen molar-refractivity contribution in [2.45, 2.75) is 72.3 Å². The Morgan fingerprint density at radius 1 is 1.18 bits per heavy atom. The van der Waals surface area contributed by atoms with Gasteiger partial charge in [-0.1, -0.05) is 51.3 Å². The second-order valence-corrected chi connectivity index (χ2v) is 11.9. The third-order valence-corrected chi connectivity index (χ3v) is 8.69. The predicted molar refractivity (Wildman–Crippen MR) is 157 cm³/mol. The predicted octanol–water partition coefficient (Wildman–Crippen LogP) is 5.31. The van der Waals surface area contributed by atoms with Crippen molar-refractivity contribution in [3.8, 4) is 11.5 Å². The van der Waals surface area contributed by atoms with E-state index in [-0.39, 0.29) is 30.1 Å². The maximum absolute atomic E-state index is 13.3. The van der Waals surface area contributed by atoms with Crippen LogP contribution in [0.5, 0.6) is 11.5 Å². The van der Waals surface area contributed by atoms with Crippen molar-refractivity contribution in [3.05, 3.63) is 38.0 Å². The van der Waals surface area contributed by atoms with Crippen molar-refractivity contribution in [3.63, 3.8) is 0 Å². The van der Waals surface area contributed by atoms with Crippen molar-refractivity contribution in [2.75, 3.05) is 20.3 Å². The molecule has 2 aliphatic rings. The molecule has 38 heavy (non-hydrogen) atoms. The molecule has 1 aliphatic heterocycles. The molecule has 3 rings (SSSR count). The average Bonchev–Trinajstić information content (AvgIpc) is 3.12. The molecule has 2 amide bonds. The molecule has 7 nitrogen and oxygen atoms in total. The van der Waals surface area contributed by atoms with Crippen molar-refractivity contribution in [2.24, 2.45) is 23.7 Å². The lowest BCUT2D eigenvalue weighted by Crippen LogP contribution is -2.40. The fourth-order valence-corrected chi connectivity index (χ4v) is 6.72. The molecule has 1 saturated heterocycles. The quantitative estimate of drug-likeness (QED) is 0.163. The number of phenolic OH excluding ortho intramolecular Hbond substituents is 1. The number of carbonyl (C=O) groups excluding carboxylic acids is 2. The third kappa shape index (κ3) is 6.28. The van der Waals surface area contributed by atoms with Crippen LogP contribution in [0, 0.1) is 27.2 Å². The first-order chi connectivity index (χ1) is 18.1. The Morgan fingerprint density at radius 3 is 2.47 bits per heavy atom. The van der Waals surface area contributed by atoms with Crippen LogP contribution in [0.4, 0.5) is 0 Å². The number of rotatable bonds is 12. The molecule has 1 heterocycles. The van der Waals surface area contributed by atoms with Gasteiger partial charge in [0.15, 0.2) is 11.5 Å². The minimum atomic E-state index is -0.816. The molecule has 0 unspecified atom stereocenters. The summed E-state index contributed by atoms with van der Waals surface area (Å²) in [6.45, 7) is 8.26. The Morgan fingerprint density at radius 2 is 1.89 bits per heavy atom. The zero-order chi connectivity index (χ0) is 28.1. The average molecular weight is 640 g/mol. The van der Waals surface area contributed by atoms with E-state index in [2.05, 4.69) is 35.6 Å².